The molecule has 0 aliphatic carbocycles. The molecule has 0 aliphatic heterocycles. The molecule has 1 heterocycles. The number of halogens is 1. The normalized spacial score (nSPS) is 11.2. The maximum absolute atomic E-state index is 13.0. The van der Waals surface area contributed by atoms with Gasteiger partial charge in [-0.3, -0.25) is 4.79 Å². The molecule has 0 fully saturated rings. The van der Waals surface area contributed by atoms with Gasteiger partial charge in [0.25, 0.3) is 5.56 Å². The molecule has 1 N–H and O–H groups in total. The standard InChI is InChI=1S/C22H23FN2O5/c1-22(2,27)14-30-19-9-8-17(10-20(19)28-3)25-21(26)11-18(12-24-25)29-13-15-4-6-16(23)7-5-15/h4-12,27H,13-14H2,1-3H3. The van der Waals surface area contributed by atoms with Crippen molar-refractivity contribution in [2.45, 2.75) is 26.1 Å². The number of methoxy groups -OCH3 is 1. The molecule has 0 saturated heterocycles. The molecule has 7 nitrogen and oxygen atoms in total. The van der Waals surface area contributed by atoms with Crippen molar-refractivity contribution in [1.29, 1.82) is 0 Å². The molecule has 0 atom stereocenters. The molecule has 2 aromatic carbocycles. The van der Waals surface area contributed by atoms with Crippen LogP contribution in [0, 0.1) is 5.82 Å². The first-order valence-electron chi connectivity index (χ1n) is 9.25. The lowest BCUT2D eigenvalue weighted by Gasteiger charge is -2.19. The molecule has 30 heavy (non-hydrogen) atoms. The van der Waals surface area contributed by atoms with E-state index in [4.69, 9.17) is 14.2 Å². The first-order chi connectivity index (χ1) is 14.2. The van der Waals surface area contributed by atoms with Gasteiger partial charge in [0.1, 0.15) is 24.8 Å². The number of benzene rings is 2. The molecule has 158 valence electrons. The molecule has 8 heteroatoms. The van der Waals surface area contributed by atoms with Crippen molar-refractivity contribution in [2.75, 3.05) is 13.7 Å². The van der Waals surface area contributed by atoms with Crippen LogP contribution in [-0.2, 0) is 6.61 Å². The summed E-state index contributed by atoms with van der Waals surface area (Å²) in [6, 6.07) is 12.2. The van der Waals surface area contributed by atoms with Crippen molar-refractivity contribution in [3.05, 3.63) is 76.5 Å². The van der Waals surface area contributed by atoms with Crippen molar-refractivity contribution in [2.24, 2.45) is 0 Å². The number of hydrogen-bond acceptors (Lipinski definition) is 6. The Morgan fingerprint density at radius 2 is 1.80 bits per heavy atom. The van der Waals surface area contributed by atoms with Crippen molar-refractivity contribution in [3.63, 3.8) is 0 Å². The van der Waals surface area contributed by atoms with Gasteiger partial charge in [-0.2, -0.15) is 9.78 Å². The summed E-state index contributed by atoms with van der Waals surface area (Å²) in [6.45, 7) is 3.54. The summed E-state index contributed by atoms with van der Waals surface area (Å²) in [5.74, 6) is 0.824. The van der Waals surface area contributed by atoms with E-state index in [1.807, 2.05) is 0 Å². The molecule has 3 aromatic rings. The van der Waals surface area contributed by atoms with Crippen LogP contribution < -0.4 is 19.8 Å². The van der Waals surface area contributed by atoms with Crippen LogP contribution in [0.1, 0.15) is 19.4 Å². The Kier molecular flexibility index (Phi) is 6.37. The molecule has 0 bridgehead atoms. The topological polar surface area (TPSA) is 82.8 Å². The summed E-state index contributed by atoms with van der Waals surface area (Å²) in [4.78, 5) is 12.5. The molecule has 0 aliphatic rings. The van der Waals surface area contributed by atoms with Crippen LogP contribution in [0.2, 0.25) is 0 Å². The molecule has 0 radical (unpaired) electrons. The monoisotopic (exact) mass is 414 g/mol. The van der Waals surface area contributed by atoms with Gasteiger partial charge in [-0.25, -0.2) is 4.39 Å². The molecular weight excluding hydrogens is 391 g/mol. The number of ether oxygens (including phenoxy) is 3. The van der Waals surface area contributed by atoms with Gasteiger partial charge in [0.05, 0.1) is 24.6 Å². The van der Waals surface area contributed by atoms with Gasteiger partial charge in [-0.15, -0.1) is 0 Å². The van der Waals surface area contributed by atoms with Gasteiger partial charge in [0.2, 0.25) is 0 Å². The summed E-state index contributed by atoms with van der Waals surface area (Å²) in [5.41, 5.74) is -0.130. The lowest BCUT2D eigenvalue weighted by molar-refractivity contribution is 0.0276. The zero-order valence-corrected chi connectivity index (χ0v) is 17.0. The number of hydrogen-bond donors (Lipinski definition) is 1. The van der Waals surface area contributed by atoms with E-state index in [9.17, 15) is 14.3 Å². The van der Waals surface area contributed by atoms with Crippen LogP contribution >= 0.6 is 0 Å². The molecule has 3 rings (SSSR count). The SMILES string of the molecule is COc1cc(-n2ncc(OCc3ccc(F)cc3)cc2=O)ccc1OCC(C)(C)O. The highest BCUT2D eigenvalue weighted by atomic mass is 19.1. The minimum absolute atomic E-state index is 0.0843. The van der Waals surface area contributed by atoms with Crippen molar-refractivity contribution in [1.82, 2.24) is 9.78 Å². The van der Waals surface area contributed by atoms with E-state index in [0.717, 1.165) is 5.56 Å². The Balaban J connectivity index is 1.75. The summed E-state index contributed by atoms with van der Waals surface area (Å²) in [6.07, 6.45) is 1.43. The van der Waals surface area contributed by atoms with Crippen LogP contribution in [-0.4, -0.2) is 34.2 Å². The zero-order valence-electron chi connectivity index (χ0n) is 17.0. The summed E-state index contributed by atoms with van der Waals surface area (Å²) < 4.78 is 30.6. The Bertz CT molecular complexity index is 1060. The predicted molar refractivity (Wildman–Crippen MR) is 109 cm³/mol. The summed E-state index contributed by atoms with van der Waals surface area (Å²) in [7, 11) is 1.48. The van der Waals surface area contributed by atoms with E-state index in [-0.39, 0.29) is 24.6 Å². The second-order valence-corrected chi connectivity index (χ2v) is 7.29. The first-order valence-corrected chi connectivity index (χ1v) is 9.25. The first kappa shape index (κ1) is 21.3. The average molecular weight is 414 g/mol. The van der Waals surface area contributed by atoms with Crippen LogP contribution in [0.25, 0.3) is 5.69 Å². The highest BCUT2D eigenvalue weighted by Gasteiger charge is 2.16. The van der Waals surface area contributed by atoms with Crippen LogP contribution in [0.4, 0.5) is 4.39 Å². The fraction of sp³-hybridized carbons (Fsp3) is 0.273. The van der Waals surface area contributed by atoms with Crippen LogP contribution in [0.3, 0.4) is 0 Å². The third kappa shape index (κ3) is 5.57. The molecule has 0 amide bonds. The third-order valence-electron chi connectivity index (χ3n) is 4.07. The van der Waals surface area contributed by atoms with E-state index in [0.29, 0.717) is 22.9 Å². The number of aliphatic hydroxyl groups is 1. The van der Waals surface area contributed by atoms with Gasteiger partial charge in [0, 0.05) is 12.1 Å². The van der Waals surface area contributed by atoms with Crippen LogP contribution in [0.15, 0.2) is 59.5 Å². The molecule has 1 aromatic heterocycles. The minimum Gasteiger partial charge on any atom is -0.493 e. The van der Waals surface area contributed by atoms with Gasteiger partial charge < -0.3 is 19.3 Å². The summed E-state index contributed by atoms with van der Waals surface area (Å²) >= 11 is 0. The Morgan fingerprint density at radius 1 is 1.07 bits per heavy atom. The molecule has 0 saturated carbocycles. The Morgan fingerprint density at radius 3 is 2.43 bits per heavy atom. The second kappa shape index (κ2) is 8.96. The fourth-order valence-electron chi connectivity index (χ4n) is 2.57. The molecular formula is C22H23FN2O5. The minimum atomic E-state index is -0.994. The van der Waals surface area contributed by atoms with E-state index < -0.39 is 5.60 Å². The highest BCUT2D eigenvalue weighted by molar-refractivity contribution is 5.48. The number of rotatable bonds is 8. The van der Waals surface area contributed by atoms with E-state index in [1.54, 1.807) is 44.2 Å². The second-order valence-electron chi connectivity index (χ2n) is 7.29. The van der Waals surface area contributed by atoms with E-state index in [2.05, 4.69) is 5.10 Å². The third-order valence-corrected chi connectivity index (χ3v) is 4.07. The Labute approximate surface area is 173 Å². The average Bonchev–Trinajstić information content (AvgIpc) is 2.71. The number of aromatic nitrogens is 2. The van der Waals surface area contributed by atoms with Crippen molar-refractivity contribution in [3.8, 4) is 22.9 Å². The van der Waals surface area contributed by atoms with Gasteiger partial charge in [0.15, 0.2) is 11.5 Å². The molecule has 0 unspecified atom stereocenters. The number of nitrogens with zero attached hydrogens (tertiary/aromatic N) is 2. The summed E-state index contributed by atoms with van der Waals surface area (Å²) in [5, 5.41) is 14.0. The molecule has 0 spiro atoms. The fourth-order valence-corrected chi connectivity index (χ4v) is 2.57. The Hall–Kier alpha value is -3.39. The van der Waals surface area contributed by atoms with Gasteiger partial charge in [-0.05, 0) is 43.7 Å². The van der Waals surface area contributed by atoms with Gasteiger partial charge >= 0.3 is 0 Å². The largest absolute Gasteiger partial charge is 0.493 e. The lowest BCUT2D eigenvalue weighted by atomic mass is 10.2. The maximum Gasteiger partial charge on any atom is 0.275 e. The van der Waals surface area contributed by atoms with Crippen molar-refractivity contribution >= 4 is 0 Å². The van der Waals surface area contributed by atoms with E-state index in [1.165, 1.54) is 36.2 Å². The predicted octanol–water partition coefficient (Wildman–Crippen LogP) is 3.11. The zero-order chi connectivity index (χ0) is 21.7. The van der Waals surface area contributed by atoms with Crippen LogP contribution in [0.5, 0.6) is 17.2 Å². The maximum atomic E-state index is 13.0. The quantitative estimate of drug-likeness (QED) is 0.610. The van der Waals surface area contributed by atoms with Gasteiger partial charge in [-0.1, -0.05) is 12.1 Å². The lowest BCUT2D eigenvalue weighted by Crippen LogP contribution is -2.28. The van der Waals surface area contributed by atoms with Crippen molar-refractivity contribution < 1.29 is 23.7 Å². The smallest absolute Gasteiger partial charge is 0.275 e. The van der Waals surface area contributed by atoms with E-state index >= 15 is 0 Å². The highest BCUT2D eigenvalue weighted by Crippen LogP contribution is 2.29.